The van der Waals surface area contributed by atoms with Gasteiger partial charge in [-0.3, -0.25) is 4.79 Å². The van der Waals surface area contributed by atoms with Crippen LogP contribution in [-0.4, -0.2) is 49.7 Å². The van der Waals surface area contributed by atoms with Gasteiger partial charge in [-0.25, -0.2) is 0 Å². The van der Waals surface area contributed by atoms with Crippen LogP contribution >= 0.6 is 0 Å². The number of morpholine rings is 1. The molecule has 0 aromatic carbocycles. The number of carbonyl (C=O) groups excluding carboxylic acids is 1. The van der Waals surface area contributed by atoms with Gasteiger partial charge < -0.3 is 15.0 Å². The van der Waals surface area contributed by atoms with Crippen LogP contribution in [0.3, 0.4) is 0 Å². The summed E-state index contributed by atoms with van der Waals surface area (Å²) in [5.41, 5.74) is 0. The van der Waals surface area contributed by atoms with Crippen LogP contribution < -0.4 is 5.32 Å². The normalized spacial score (nSPS) is 22.6. The van der Waals surface area contributed by atoms with Gasteiger partial charge in [0, 0.05) is 19.0 Å². The molecule has 1 rings (SSSR count). The van der Waals surface area contributed by atoms with Crippen molar-refractivity contribution in [3.05, 3.63) is 0 Å². The molecular weight excluding hydrogens is 206 g/mol. The fourth-order valence-corrected chi connectivity index (χ4v) is 1.69. The summed E-state index contributed by atoms with van der Waals surface area (Å²) in [6.45, 7) is 6.90. The van der Waals surface area contributed by atoms with Crippen molar-refractivity contribution in [1.29, 1.82) is 5.26 Å². The molecule has 0 spiro atoms. The van der Waals surface area contributed by atoms with Gasteiger partial charge in [0.05, 0.1) is 19.2 Å². The summed E-state index contributed by atoms with van der Waals surface area (Å²) < 4.78 is 5.20. The molecule has 1 saturated heterocycles. The smallest absolute Gasteiger partial charge is 0.226 e. The van der Waals surface area contributed by atoms with Crippen LogP contribution in [0.1, 0.15) is 13.8 Å². The summed E-state index contributed by atoms with van der Waals surface area (Å²) in [5, 5.41) is 11.9. The van der Waals surface area contributed by atoms with Crippen LogP contribution in [0.25, 0.3) is 0 Å². The zero-order valence-electron chi connectivity index (χ0n) is 9.90. The van der Waals surface area contributed by atoms with Crippen molar-refractivity contribution in [2.45, 2.75) is 20.0 Å². The number of carbonyl (C=O) groups is 1. The minimum absolute atomic E-state index is 0.0441. The van der Waals surface area contributed by atoms with Gasteiger partial charge in [0.25, 0.3) is 0 Å². The molecule has 1 aliphatic heterocycles. The summed E-state index contributed by atoms with van der Waals surface area (Å²) in [6.07, 6.45) is -0.468. The highest BCUT2D eigenvalue weighted by Gasteiger charge is 2.26. The lowest BCUT2D eigenvalue weighted by atomic mass is 10.1. The maximum Gasteiger partial charge on any atom is 0.226 e. The minimum atomic E-state index is -0.468. The van der Waals surface area contributed by atoms with Crippen LogP contribution in [0, 0.1) is 17.2 Å². The number of hydrogen-bond donors (Lipinski definition) is 1. The average Bonchev–Trinajstić information content (AvgIpc) is 2.35. The van der Waals surface area contributed by atoms with E-state index in [1.807, 2.05) is 19.9 Å². The van der Waals surface area contributed by atoms with Gasteiger partial charge >= 0.3 is 0 Å². The van der Waals surface area contributed by atoms with E-state index in [1.165, 1.54) is 0 Å². The third kappa shape index (κ3) is 3.47. The van der Waals surface area contributed by atoms with Crippen LogP contribution in [0.5, 0.6) is 0 Å². The lowest BCUT2D eigenvalue weighted by Crippen LogP contribution is -2.48. The highest BCUT2D eigenvalue weighted by atomic mass is 16.5. The quantitative estimate of drug-likeness (QED) is 0.730. The largest absolute Gasteiger partial charge is 0.360 e. The zero-order valence-corrected chi connectivity index (χ0v) is 9.90. The monoisotopic (exact) mass is 225 g/mol. The highest BCUT2D eigenvalue weighted by Crippen LogP contribution is 2.08. The lowest BCUT2D eigenvalue weighted by molar-refractivity contribution is -0.140. The first-order chi connectivity index (χ1) is 7.69. The van der Waals surface area contributed by atoms with Gasteiger partial charge in [0.1, 0.15) is 0 Å². The molecule has 1 amide bonds. The van der Waals surface area contributed by atoms with E-state index in [2.05, 4.69) is 5.32 Å². The molecule has 0 saturated carbocycles. The maximum absolute atomic E-state index is 12.0. The average molecular weight is 225 g/mol. The van der Waals surface area contributed by atoms with Gasteiger partial charge in [-0.2, -0.15) is 5.26 Å². The molecule has 0 radical (unpaired) electrons. The Bertz CT molecular complexity index is 275. The number of hydrogen-bond acceptors (Lipinski definition) is 4. The molecule has 1 N–H and O–H groups in total. The number of nitriles is 1. The lowest BCUT2D eigenvalue weighted by Gasteiger charge is -2.31. The molecule has 0 aliphatic carbocycles. The summed E-state index contributed by atoms with van der Waals surface area (Å²) >= 11 is 0. The number of rotatable bonds is 4. The number of nitrogens with zero attached hydrogens (tertiary/aromatic N) is 2. The van der Waals surface area contributed by atoms with Gasteiger partial charge in [0.15, 0.2) is 6.10 Å². The van der Waals surface area contributed by atoms with Crippen molar-refractivity contribution in [2.24, 2.45) is 5.92 Å². The molecule has 5 nitrogen and oxygen atoms in total. The number of ether oxygens (including phenoxy) is 1. The standard InChI is InChI=1S/C11H19N3O2/c1-3-13-7-9(2)11(15)14-4-5-16-10(6-12)8-14/h9-10,13H,3-5,7-8H2,1-2H3. The Morgan fingerprint density at radius 1 is 1.75 bits per heavy atom. The molecule has 0 aromatic rings. The van der Waals surface area contributed by atoms with Crippen molar-refractivity contribution >= 4 is 5.91 Å². The predicted octanol–water partition coefficient (Wildman–Crippen LogP) is -0.0170. The van der Waals surface area contributed by atoms with E-state index >= 15 is 0 Å². The summed E-state index contributed by atoms with van der Waals surface area (Å²) in [4.78, 5) is 13.7. The molecular formula is C11H19N3O2. The first-order valence-corrected chi connectivity index (χ1v) is 5.69. The van der Waals surface area contributed by atoms with Crippen molar-refractivity contribution in [3.8, 4) is 6.07 Å². The molecule has 2 atom stereocenters. The predicted molar refractivity (Wildman–Crippen MR) is 59.6 cm³/mol. The highest BCUT2D eigenvalue weighted by molar-refractivity contribution is 5.78. The van der Waals surface area contributed by atoms with Gasteiger partial charge in [-0.1, -0.05) is 13.8 Å². The fraction of sp³-hybridized carbons (Fsp3) is 0.818. The van der Waals surface area contributed by atoms with E-state index in [1.54, 1.807) is 4.90 Å². The minimum Gasteiger partial charge on any atom is -0.360 e. The molecule has 1 aliphatic rings. The second kappa shape index (κ2) is 6.46. The summed E-state index contributed by atoms with van der Waals surface area (Å²) in [7, 11) is 0. The first-order valence-electron chi connectivity index (χ1n) is 5.69. The molecule has 1 heterocycles. The Hall–Kier alpha value is -1.12. The van der Waals surface area contributed by atoms with E-state index in [-0.39, 0.29) is 11.8 Å². The Morgan fingerprint density at radius 3 is 3.12 bits per heavy atom. The fourth-order valence-electron chi connectivity index (χ4n) is 1.69. The maximum atomic E-state index is 12.0. The molecule has 0 aromatic heterocycles. The molecule has 2 unspecified atom stereocenters. The second-order valence-electron chi connectivity index (χ2n) is 3.98. The van der Waals surface area contributed by atoms with Gasteiger partial charge in [-0.05, 0) is 6.54 Å². The number of amides is 1. The Kier molecular flexibility index (Phi) is 5.23. The molecule has 0 bridgehead atoms. The van der Waals surface area contributed by atoms with E-state index in [0.717, 1.165) is 6.54 Å². The molecule has 5 heteroatoms. The summed E-state index contributed by atoms with van der Waals surface area (Å²) in [6, 6.07) is 2.04. The SMILES string of the molecule is CCNCC(C)C(=O)N1CCOC(C#N)C1. The van der Waals surface area contributed by atoms with Crippen LogP contribution in [0.15, 0.2) is 0 Å². The van der Waals surface area contributed by atoms with Crippen molar-refractivity contribution in [1.82, 2.24) is 10.2 Å². The van der Waals surface area contributed by atoms with Crippen LogP contribution in [0.2, 0.25) is 0 Å². The van der Waals surface area contributed by atoms with Crippen LogP contribution in [0.4, 0.5) is 0 Å². The molecule has 1 fully saturated rings. The number of nitrogens with one attached hydrogen (secondary N) is 1. The van der Waals surface area contributed by atoms with Crippen molar-refractivity contribution in [2.75, 3.05) is 32.8 Å². The van der Waals surface area contributed by atoms with E-state index in [0.29, 0.717) is 26.2 Å². The van der Waals surface area contributed by atoms with Gasteiger partial charge in [0.2, 0.25) is 5.91 Å². The van der Waals surface area contributed by atoms with Crippen molar-refractivity contribution < 1.29 is 9.53 Å². The Labute approximate surface area is 96.4 Å². The third-order valence-corrected chi connectivity index (χ3v) is 2.64. The first kappa shape index (κ1) is 12.9. The van der Waals surface area contributed by atoms with Gasteiger partial charge in [-0.15, -0.1) is 0 Å². The van der Waals surface area contributed by atoms with Crippen molar-refractivity contribution in [3.63, 3.8) is 0 Å². The third-order valence-electron chi connectivity index (χ3n) is 2.64. The molecule has 16 heavy (non-hydrogen) atoms. The van der Waals surface area contributed by atoms with E-state index in [4.69, 9.17) is 10.00 Å². The van der Waals surface area contributed by atoms with E-state index < -0.39 is 6.10 Å². The van der Waals surface area contributed by atoms with E-state index in [9.17, 15) is 4.79 Å². The van der Waals surface area contributed by atoms with Crippen LogP contribution in [-0.2, 0) is 9.53 Å². The Balaban J connectivity index is 2.43. The topological polar surface area (TPSA) is 65.4 Å². The second-order valence-corrected chi connectivity index (χ2v) is 3.98. The molecule has 90 valence electrons. The zero-order chi connectivity index (χ0) is 12.0. The Morgan fingerprint density at radius 2 is 2.50 bits per heavy atom. The summed E-state index contributed by atoms with van der Waals surface area (Å²) in [5.74, 6) is 0.0573.